The van der Waals surface area contributed by atoms with Crippen LogP contribution in [0.4, 0.5) is 5.13 Å². The van der Waals surface area contributed by atoms with Crippen LogP contribution in [0, 0.1) is 6.92 Å². The van der Waals surface area contributed by atoms with E-state index in [1.807, 2.05) is 37.3 Å². The van der Waals surface area contributed by atoms with Crippen molar-refractivity contribution in [1.29, 1.82) is 0 Å². The predicted molar refractivity (Wildman–Crippen MR) is 110 cm³/mol. The maximum Gasteiger partial charge on any atom is 0.264 e. The van der Waals surface area contributed by atoms with Crippen LogP contribution in [-0.4, -0.2) is 40.0 Å². The molecular formula is C20H17N5O4S. The van der Waals surface area contributed by atoms with Crippen molar-refractivity contribution in [2.75, 3.05) is 19.0 Å². The van der Waals surface area contributed by atoms with Gasteiger partial charge in [-0.3, -0.25) is 10.1 Å². The average Bonchev–Trinajstić information content (AvgIpc) is 3.42. The average molecular weight is 423 g/mol. The van der Waals surface area contributed by atoms with E-state index in [2.05, 4.69) is 25.7 Å². The van der Waals surface area contributed by atoms with Gasteiger partial charge in [-0.25, -0.2) is 0 Å². The molecule has 4 rings (SSSR count). The summed E-state index contributed by atoms with van der Waals surface area (Å²) in [5.41, 5.74) is 1.38. The number of nitrogens with zero attached hydrogens (tertiary/aromatic N) is 4. The van der Waals surface area contributed by atoms with Gasteiger partial charge in [0.2, 0.25) is 11.0 Å². The number of methoxy groups -OCH3 is 1. The molecule has 9 nitrogen and oxygen atoms in total. The number of benzene rings is 2. The van der Waals surface area contributed by atoms with Crippen molar-refractivity contribution in [3.63, 3.8) is 0 Å². The number of carbonyl (C=O) groups excluding carboxylic acids is 1. The van der Waals surface area contributed by atoms with Gasteiger partial charge in [0, 0.05) is 5.56 Å². The highest BCUT2D eigenvalue weighted by Gasteiger charge is 2.16. The maximum atomic E-state index is 12.1. The van der Waals surface area contributed by atoms with E-state index < -0.39 is 0 Å². The van der Waals surface area contributed by atoms with Crippen LogP contribution in [0.2, 0.25) is 0 Å². The fourth-order valence-electron chi connectivity index (χ4n) is 2.61. The van der Waals surface area contributed by atoms with Crippen LogP contribution in [0.1, 0.15) is 5.01 Å². The summed E-state index contributed by atoms with van der Waals surface area (Å²) in [6, 6.07) is 14.5. The topological polar surface area (TPSA) is 112 Å². The number of anilines is 1. The molecule has 0 spiro atoms. The lowest BCUT2D eigenvalue weighted by atomic mass is 10.2. The van der Waals surface area contributed by atoms with Gasteiger partial charge in [-0.2, -0.15) is 4.98 Å². The van der Waals surface area contributed by atoms with Crippen LogP contribution >= 0.6 is 11.3 Å². The lowest BCUT2D eigenvalue weighted by molar-refractivity contribution is -0.118. The van der Waals surface area contributed by atoms with Gasteiger partial charge >= 0.3 is 0 Å². The quantitative estimate of drug-likeness (QED) is 0.480. The third-order valence-electron chi connectivity index (χ3n) is 4.02. The molecule has 0 aliphatic carbocycles. The number of carbonyl (C=O) groups is 1. The third-order valence-corrected chi connectivity index (χ3v) is 4.78. The van der Waals surface area contributed by atoms with Crippen molar-refractivity contribution >= 4 is 22.4 Å². The van der Waals surface area contributed by atoms with Crippen molar-refractivity contribution in [3.05, 3.63) is 53.5 Å². The summed E-state index contributed by atoms with van der Waals surface area (Å²) in [5, 5.41) is 15.6. The van der Waals surface area contributed by atoms with Crippen molar-refractivity contribution in [2.24, 2.45) is 0 Å². The molecule has 0 saturated heterocycles. The van der Waals surface area contributed by atoms with Crippen LogP contribution in [0.3, 0.4) is 0 Å². The lowest BCUT2D eigenvalue weighted by Gasteiger charge is -2.08. The molecule has 0 aliphatic heterocycles. The van der Waals surface area contributed by atoms with Gasteiger partial charge < -0.3 is 14.0 Å². The van der Waals surface area contributed by atoms with Crippen LogP contribution in [0.5, 0.6) is 11.5 Å². The highest BCUT2D eigenvalue weighted by atomic mass is 32.1. The number of para-hydroxylation sites is 1. The van der Waals surface area contributed by atoms with Gasteiger partial charge in [0.1, 0.15) is 16.5 Å². The molecule has 0 bridgehead atoms. The molecule has 0 fully saturated rings. The number of ether oxygens (including phenoxy) is 2. The number of aryl methyl sites for hydroxylation is 1. The van der Waals surface area contributed by atoms with E-state index in [-0.39, 0.29) is 18.4 Å². The number of hydrogen-bond donors (Lipinski definition) is 1. The molecule has 2 aromatic heterocycles. The minimum absolute atomic E-state index is 0.199. The van der Waals surface area contributed by atoms with E-state index >= 15 is 0 Å². The SMILES string of the molecule is COc1ccc(-c2noc(-c3ccccc3OCC(=O)Nc3nnc(C)s3)n2)cc1. The summed E-state index contributed by atoms with van der Waals surface area (Å²) in [4.78, 5) is 16.6. The smallest absolute Gasteiger partial charge is 0.264 e. The van der Waals surface area contributed by atoms with Crippen molar-refractivity contribution in [3.8, 4) is 34.3 Å². The van der Waals surface area contributed by atoms with Crippen LogP contribution in [0.25, 0.3) is 22.8 Å². The number of rotatable bonds is 7. The van der Waals surface area contributed by atoms with Gasteiger partial charge in [-0.05, 0) is 43.3 Å². The molecule has 4 aromatic rings. The largest absolute Gasteiger partial charge is 0.497 e. The Morgan fingerprint density at radius 3 is 2.67 bits per heavy atom. The third kappa shape index (κ3) is 4.44. The maximum absolute atomic E-state index is 12.1. The van der Waals surface area contributed by atoms with E-state index in [1.165, 1.54) is 11.3 Å². The molecule has 2 aromatic carbocycles. The molecule has 0 aliphatic rings. The number of hydrogen-bond acceptors (Lipinski definition) is 9. The highest BCUT2D eigenvalue weighted by Crippen LogP contribution is 2.30. The first kappa shape index (κ1) is 19.5. The molecule has 0 radical (unpaired) electrons. The Labute approximate surface area is 175 Å². The molecule has 0 saturated carbocycles. The van der Waals surface area contributed by atoms with Crippen molar-refractivity contribution < 1.29 is 18.8 Å². The zero-order chi connectivity index (χ0) is 20.9. The molecule has 2 heterocycles. The second-order valence-corrected chi connectivity index (χ2v) is 7.29. The van der Waals surface area contributed by atoms with E-state index in [0.717, 1.165) is 16.3 Å². The van der Waals surface area contributed by atoms with Gasteiger partial charge in [0.15, 0.2) is 6.61 Å². The minimum Gasteiger partial charge on any atom is -0.497 e. The van der Waals surface area contributed by atoms with E-state index in [4.69, 9.17) is 14.0 Å². The van der Waals surface area contributed by atoms with Crippen molar-refractivity contribution in [2.45, 2.75) is 6.92 Å². The lowest BCUT2D eigenvalue weighted by Crippen LogP contribution is -2.20. The summed E-state index contributed by atoms with van der Waals surface area (Å²) in [6.45, 7) is 1.61. The Hall–Kier alpha value is -3.79. The number of aromatic nitrogens is 4. The Morgan fingerprint density at radius 2 is 1.93 bits per heavy atom. The van der Waals surface area contributed by atoms with E-state index in [9.17, 15) is 4.79 Å². The second kappa shape index (κ2) is 8.70. The first-order valence-corrected chi connectivity index (χ1v) is 9.74. The molecule has 0 unspecified atom stereocenters. The van der Waals surface area contributed by atoms with Crippen molar-refractivity contribution in [1.82, 2.24) is 20.3 Å². The van der Waals surface area contributed by atoms with Crippen LogP contribution < -0.4 is 14.8 Å². The number of nitrogens with one attached hydrogen (secondary N) is 1. The zero-order valence-electron chi connectivity index (χ0n) is 16.2. The Kier molecular flexibility index (Phi) is 5.66. The molecule has 152 valence electrons. The molecule has 1 amide bonds. The van der Waals surface area contributed by atoms with E-state index in [1.54, 1.807) is 25.3 Å². The summed E-state index contributed by atoms with van der Waals surface area (Å²) in [6.07, 6.45) is 0. The standard InChI is InChI=1S/C20H17N5O4S/c1-12-23-24-20(30-12)21-17(26)11-28-16-6-4-3-5-15(16)19-22-18(25-29-19)13-7-9-14(27-2)10-8-13/h3-10H,11H2,1-2H3,(H,21,24,26). The van der Waals surface area contributed by atoms with Gasteiger partial charge in [-0.15, -0.1) is 10.2 Å². The Bertz CT molecular complexity index is 1160. The Balaban J connectivity index is 1.47. The van der Waals surface area contributed by atoms with Gasteiger partial charge in [0.25, 0.3) is 11.8 Å². The molecule has 0 atom stereocenters. The van der Waals surface area contributed by atoms with Crippen LogP contribution in [0.15, 0.2) is 53.1 Å². The first-order valence-electron chi connectivity index (χ1n) is 8.92. The molecule has 30 heavy (non-hydrogen) atoms. The Morgan fingerprint density at radius 1 is 1.13 bits per heavy atom. The fourth-order valence-corrected chi connectivity index (χ4v) is 3.21. The summed E-state index contributed by atoms with van der Waals surface area (Å²) in [5.74, 6) is 1.57. The number of amides is 1. The zero-order valence-corrected chi connectivity index (χ0v) is 17.0. The normalized spacial score (nSPS) is 10.6. The van der Waals surface area contributed by atoms with Crippen LogP contribution in [-0.2, 0) is 4.79 Å². The second-order valence-electron chi connectivity index (χ2n) is 6.11. The monoisotopic (exact) mass is 423 g/mol. The van der Waals surface area contributed by atoms with Gasteiger partial charge in [0.05, 0.1) is 12.7 Å². The molecule has 10 heteroatoms. The molecular weight excluding hydrogens is 406 g/mol. The first-order chi connectivity index (χ1) is 14.6. The predicted octanol–water partition coefficient (Wildman–Crippen LogP) is 3.59. The summed E-state index contributed by atoms with van der Waals surface area (Å²) in [7, 11) is 1.60. The summed E-state index contributed by atoms with van der Waals surface area (Å²) < 4.78 is 16.3. The fraction of sp³-hybridized carbons (Fsp3) is 0.150. The minimum atomic E-state index is -0.342. The van der Waals surface area contributed by atoms with E-state index in [0.29, 0.717) is 22.3 Å². The summed E-state index contributed by atoms with van der Waals surface area (Å²) >= 11 is 1.29. The highest BCUT2D eigenvalue weighted by molar-refractivity contribution is 7.15. The van der Waals surface area contributed by atoms with Gasteiger partial charge in [-0.1, -0.05) is 28.6 Å². The molecule has 1 N–H and O–H groups in total.